The van der Waals surface area contributed by atoms with Gasteiger partial charge in [-0.1, -0.05) is 18.2 Å². The van der Waals surface area contributed by atoms with E-state index < -0.39 is 29.3 Å². The molecule has 1 amide bonds. The van der Waals surface area contributed by atoms with Crippen LogP contribution in [0.3, 0.4) is 0 Å². The number of aliphatic hydroxyl groups excluding tert-OH is 1. The molecule has 2 heterocycles. The molecule has 2 aliphatic rings. The van der Waals surface area contributed by atoms with Crippen LogP contribution in [0.25, 0.3) is 0 Å². The SMILES string of the molecule is CCOC(=O)C1=C(C)N(CCN2CCOCC2)C(CO)=C(C(=O)NC)C1c1ccccc1[N+](=O)[O-]. The van der Waals surface area contributed by atoms with E-state index in [-0.39, 0.29) is 29.0 Å². The molecule has 1 aromatic rings. The Morgan fingerprint density at radius 1 is 1.23 bits per heavy atom. The zero-order chi connectivity index (χ0) is 25.5. The Labute approximate surface area is 204 Å². The Hall–Kier alpha value is -3.28. The summed E-state index contributed by atoms with van der Waals surface area (Å²) in [6.45, 7) is 6.73. The summed E-state index contributed by atoms with van der Waals surface area (Å²) >= 11 is 0. The lowest BCUT2D eigenvalue weighted by atomic mass is 9.78. The molecule has 0 radical (unpaired) electrons. The average Bonchev–Trinajstić information content (AvgIpc) is 2.87. The lowest BCUT2D eigenvalue weighted by Crippen LogP contribution is -2.44. The molecule has 1 fully saturated rings. The number of likely N-dealkylation sites (N-methyl/N-ethyl adjacent to an activating group) is 1. The van der Waals surface area contributed by atoms with Crippen LogP contribution in [0.4, 0.5) is 5.69 Å². The van der Waals surface area contributed by atoms with Gasteiger partial charge < -0.3 is 24.8 Å². The minimum absolute atomic E-state index is 0.0833. The summed E-state index contributed by atoms with van der Waals surface area (Å²) in [5.74, 6) is -2.29. The quantitative estimate of drug-likeness (QED) is 0.298. The number of nitrogens with one attached hydrogen (secondary N) is 1. The highest BCUT2D eigenvalue weighted by Gasteiger charge is 2.43. The smallest absolute Gasteiger partial charge is 0.336 e. The Kier molecular flexibility index (Phi) is 8.96. The Morgan fingerprint density at radius 3 is 2.51 bits per heavy atom. The lowest BCUT2D eigenvalue weighted by molar-refractivity contribution is -0.385. The zero-order valence-corrected chi connectivity index (χ0v) is 20.3. The molecule has 1 atom stereocenters. The standard InChI is InChI=1S/C24H32N4O7/c1-4-35-24(31)20-16(2)27(10-9-26-11-13-34-14-12-26)19(15-29)22(23(30)25-3)21(20)17-7-5-6-8-18(17)28(32)33/h5-8,21,29H,4,9-15H2,1-3H3,(H,25,30). The van der Waals surface area contributed by atoms with Crippen LogP contribution in [-0.2, 0) is 19.1 Å². The number of aliphatic hydroxyl groups is 1. The summed E-state index contributed by atoms with van der Waals surface area (Å²) in [6.07, 6.45) is 0. The minimum Gasteiger partial charge on any atom is -0.463 e. The number of nitro benzene ring substituents is 1. The summed E-state index contributed by atoms with van der Waals surface area (Å²) < 4.78 is 10.7. The van der Waals surface area contributed by atoms with Crippen LogP contribution in [0.2, 0.25) is 0 Å². The van der Waals surface area contributed by atoms with Crippen molar-refractivity contribution in [2.75, 3.05) is 59.7 Å². The highest BCUT2D eigenvalue weighted by Crippen LogP contribution is 2.45. The highest BCUT2D eigenvalue weighted by atomic mass is 16.6. The summed E-state index contributed by atoms with van der Waals surface area (Å²) in [4.78, 5) is 41.7. The van der Waals surface area contributed by atoms with E-state index >= 15 is 0 Å². The number of hydrogen-bond donors (Lipinski definition) is 2. The van der Waals surface area contributed by atoms with Crippen molar-refractivity contribution in [3.63, 3.8) is 0 Å². The molecule has 11 nitrogen and oxygen atoms in total. The van der Waals surface area contributed by atoms with Gasteiger partial charge in [0.05, 0.1) is 54.1 Å². The number of nitro groups is 1. The van der Waals surface area contributed by atoms with Crippen LogP contribution in [-0.4, -0.2) is 91.4 Å². The first-order valence-corrected chi connectivity index (χ1v) is 11.6. The van der Waals surface area contributed by atoms with Crippen molar-refractivity contribution in [3.8, 4) is 0 Å². The molecule has 190 valence electrons. The van der Waals surface area contributed by atoms with Gasteiger partial charge in [0.1, 0.15) is 0 Å². The molecule has 2 aliphatic heterocycles. The topological polar surface area (TPSA) is 134 Å². The van der Waals surface area contributed by atoms with Crippen molar-refractivity contribution in [2.45, 2.75) is 19.8 Å². The monoisotopic (exact) mass is 488 g/mol. The number of rotatable bonds is 9. The van der Waals surface area contributed by atoms with E-state index in [1.54, 1.807) is 24.8 Å². The van der Waals surface area contributed by atoms with Crippen molar-refractivity contribution < 1.29 is 29.1 Å². The number of para-hydroxylation sites is 1. The minimum atomic E-state index is -1.09. The van der Waals surface area contributed by atoms with Gasteiger partial charge in [-0.3, -0.25) is 19.8 Å². The second-order valence-electron chi connectivity index (χ2n) is 8.17. The number of hydrogen-bond acceptors (Lipinski definition) is 9. The second-order valence-corrected chi connectivity index (χ2v) is 8.17. The maximum Gasteiger partial charge on any atom is 0.336 e. The van der Waals surface area contributed by atoms with E-state index in [1.807, 2.05) is 0 Å². The number of amides is 1. The maximum absolute atomic E-state index is 13.3. The third-order valence-electron chi connectivity index (χ3n) is 6.31. The molecule has 0 bridgehead atoms. The highest BCUT2D eigenvalue weighted by molar-refractivity contribution is 6.02. The fraction of sp³-hybridized carbons (Fsp3) is 0.500. The van der Waals surface area contributed by atoms with E-state index in [0.29, 0.717) is 37.7 Å². The number of ether oxygens (including phenoxy) is 2. The number of allylic oxidation sites excluding steroid dienone is 1. The third-order valence-corrected chi connectivity index (χ3v) is 6.31. The first kappa shape index (κ1) is 26.3. The van der Waals surface area contributed by atoms with E-state index in [4.69, 9.17) is 9.47 Å². The molecule has 11 heteroatoms. The van der Waals surface area contributed by atoms with Crippen LogP contribution in [0.1, 0.15) is 25.3 Å². The van der Waals surface area contributed by atoms with Crippen molar-refractivity contribution in [3.05, 3.63) is 62.5 Å². The molecule has 1 unspecified atom stereocenters. The largest absolute Gasteiger partial charge is 0.463 e. The van der Waals surface area contributed by atoms with Crippen molar-refractivity contribution in [1.29, 1.82) is 0 Å². The molecular weight excluding hydrogens is 456 g/mol. The maximum atomic E-state index is 13.3. The number of benzene rings is 1. The van der Waals surface area contributed by atoms with Gasteiger partial charge in [-0.15, -0.1) is 0 Å². The Balaban J connectivity index is 2.20. The van der Waals surface area contributed by atoms with Gasteiger partial charge in [0.2, 0.25) is 5.91 Å². The summed E-state index contributed by atoms with van der Waals surface area (Å²) in [5, 5.41) is 24.9. The van der Waals surface area contributed by atoms with E-state index in [9.17, 15) is 24.8 Å². The molecule has 2 N–H and O–H groups in total. The van der Waals surface area contributed by atoms with Crippen LogP contribution in [0, 0.1) is 10.1 Å². The molecule has 0 aliphatic carbocycles. The van der Waals surface area contributed by atoms with Gasteiger partial charge in [0, 0.05) is 50.6 Å². The number of carbonyl (C=O) groups excluding carboxylic acids is 2. The number of carbonyl (C=O) groups is 2. The van der Waals surface area contributed by atoms with Crippen LogP contribution in [0.5, 0.6) is 0 Å². The van der Waals surface area contributed by atoms with Crippen molar-refractivity contribution in [2.24, 2.45) is 0 Å². The van der Waals surface area contributed by atoms with Crippen LogP contribution in [0.15, 0.2) is 46.8 Å². The Morgan fingerprint density at radius 2 is 1.91 bits per heavy atom. The van der Waals surface area contributed by atoms with E-state index in [2.05, 4.69) is 10.2 Å². The van der Waals surface area contributed by atoms with Gasteiger partial charge >= 0.3 is 5.97 Å². The average molecular weight is 489 g/mol. The van der Waals surface area contributed by atoms with Gasteiger partial charge in [0.25, 0.3) is 5.69 Å². The number of esters is 1. The van der Waals surface area contributed by atoms with Gasteiger partial charge in [-0.25, -0.2) is 4.79 Å². The van der Waals surface area contributed by atoms with Crippen LogP contribution >= 0.6 is 0 Å². The first-order chi connectivity index (χ1) is 16.8. The molecular formula is C24H32N4O7. The predicted molar refractivity (Wildman–Crippen MR) is 127 cm³/mol. The number of nitrogens with zero attached hydrogens (tertiary/aromatic N) is 3. The molecule has 0 saturated carbocycles. The summed E-state index contributed by atoms with van der Waals surface area (Å²) in [6, 6.07) is 6.00. The molecule has 3 rings (SSSR count). The predicted octanol–water partition coefficient (Wildman–Crippen LogP) is 1.16. The third kappa shape index (κ3) is 5.53. The lowest BCUT2D eigenvalue weighted by Gasteiger charge is -2.39. The second kappa shape index (κ2) is 11.9. The Bertz CT molecular complexity index is 1030. The molecule has 0 spiro atoms. The molecule has 35 heavy (non-hydrogen) atoms. The van der Waals surface area contributed by atoms with Gasteiger partial charge in [0.15, 0.2) is 0 Å². The van der Waals surface area contributed by atoms with E-state index in [0.717, 1.165) is 13.1 Å². The molecule has 1 aromatic carbocycles. The van der Waals surface area contributed by atoms with Gasteiger partial charge in [-0.05, 0) is 13.8 Å². The summed E-state index contributed by atoms with van der Waals surface area (Å²) in [7, 11) is 1.44. The molecule has 1 saturated heterocycles. The molecule has 0 aromatic heterocycles. The van der Waals surface area contributed by atoms with Crippen LogP contribution < -0.4 is 5.32 Å². The number of morpholine rings is 1. The summed E-state index contributed by atoms with van der Waals surface area (Å²) in [5.41, 5.74) is 0.951. The first-order valence-electron chi connectivity index (χ1n) is 11.6. The van der Waals surface area contributed by atoms with Gasteiger partial charge in [-0.2, -0.15) is 0 Å². The fourth-order valence-electron chi connectivity index (χ4n) is 4.63. The zero-order valence-electron chi connectivity index (χ0n) is 20.3. The van der Waals surface area contributed by atoms with Crippen molar-refractivity contribution in [1.82, 2.24) is 15.1 Å². The van der Waals surface area contributed by atoms with Crippen molar-refractivity contribution >= 4 is 17.6 Å². The van der Waals surface area contributed by atoms with E-state index in [1.165, 1.54) is 25.2 Å². The normalized spacial score (nSPS) is 19.1. The fourth-order valence-corrected chi connectivity index (χ4v) is 4.63.